The molecule has 2 heterocycles. The standard InChI is InChI=1S/C15H24N2O3S/c1-3-13-11(7-8-20-13)9-16-15-17-12(10-21-15)5-6-14(18)19-4-2/h10-11,13H,3-9H2,1-2H3,(H,16,17). The fraction of sp³-hybridized carbons (Fsp3) is 0.733. The molecule has 6 heteroatoms. The lowest BCUT2D eigenvalue weighted by molar-refractivity contribution is -0.143. The fourth-order valence-corrected chi connectivity index (χ4v) is 3.32. The van der Waals surface area contributed by atoms with Crippen LogP contribution in [0.5, 0.6) is 0 Å². The summed E-state index contributed by atoms with van der Waals surface area (Å²) in [5.74, 6) is 0.413. The summed E-state index contributed by atoms with van der Waals surface area (Å²) in [6.45, 7) is 6.19. The van der Waals surface area contributed by atoms with Crippen molar-refractivity contribution >= 4 is 22.4 Å². The molecule has 118 valence electrons. The van der Waals surface area contributed by atoms with Crippen molar-refractivity contribution in [2.24, 2.45) is 5.92 Å². The van der Waals surface area contributed by atoms with Gasteiger partial charge < -0.3 is 14.8 Å². The number of rotatable bonds is 8. The molecule has 5 nitrogen and oxygen atoms in total. The molecule has 0 amide bonds. The van der Waals surface area contributed by atoms with Gasteiger partial charge in [-0.1, -0.05) is 6.92 Å². The molecule has 0 bridgehead atoms. The summed E-state index contributed by atoms with van der Waals surface area (Å²) in [6.07, 6.45) is 3.59. The van der Waals surface area contributed by atoms with Crippen LogP contribution in [0.4, 0.5) is 5.13 Å². The van der Waals surface area contributed by atoms with Gasteiger partial charge in [-0.05, 0) is 19.8 Å². The number of nitrogens with zero attached hydrogens (tertiary/aromatic N) is 1. The summed E-state index contributed by atoms with van der Waals surface area (Å²) in [7, 11) is 0. The van der Waals surface area contributed by atoms with Gasteiger partial charge in [0.25, 0.3) is 0 Å². The van der Waals surface area contributed by atoms with Crippen LogP contribution < -0.4 is 5.32 Å². The second-order valence-electron chi connectivity index (χ2n) is 5.20. The quantitative estimate of drug-likeness (QED) is 0.748. The average molecular weight is 312 g/mol. The van der Waals surface area contributed by atoms with Crippen LogP contribution in [0, 0.1) is 5.92 Å². The first-order chi connectivity index (χ1) is 10.2. The zero-order valence-electron chi connectivity index (χ0n) is 12.8. The van der Waals surface area contributed by atoms with Gasteiger partial charge in [-0.2, -0.15) is 0 Å². The van der Waals surface area contributed by atoms with E-state index >= 15 is 0 Å². The fourth-order valence-electron chi connectivity index (χ4n) is 2.56. The number of carbonyl (C=O) groups is 1. The molecule has 0 spiro atoms. The van der Waals surface area contributed by atoms with Crippen LogP contribution >= 0.6 is 11.3 Å². The molecule has 1 saturated heterocycles. The molecule has 2 atom stereocenters. The van der Waals surface area contributed by atoms with Crippen molar-refractivity contribution in [3.05, 3.63) is 11.1 Å². The Morgan fingerprint density at radius 3 is 3.19 bits per heavy atom. The predicted molar refractivity (Wildman–Crippen MR) is 83.7 cm³/mol. The minimum absolute atomic E-state index is 0.158. The molecule has 0 aromatic carbocycles. The summed E-state index contributed by atoms with van der Waals surface area (Å²) in [5.41, 5.74) is 0.949. The van der Waals surface area contributed by atoms with Crippen LogP contribution in [-0.4, -0.2) is 36.8 Å². The number of hydrogen-bond donors (Lipinski definition) is 1. The van der Waals surface area contributed by atoms with Gasteiger partial charge >= 0.3 is 5.97 Å². The van der Waals surface area contributed by atoms with Crippen LogP contribution in [0.1, 0.15) is 38.8 Å². The third-order valence-corrected chi connectivity index (χ3v) is 4.56. The van der Waals surface area contributed by atoms with Gasteiger partial charge in [0.2, 0.25) is 0 Å². The Kier molecular flexibility index (Phi) is 6.45. The number of thiazole rings is 1. The van der Waals surface area contributed by atoms with Crippen molar-refractivity contribution in [3.8, 4) is 0 Å². The highest BCUT2D eigenvalue weighted by Gasteiger charge is 2.26. The Labute approximate surface area is 130 Å². The second kappa shape index (κ2) is 8.34. The summed E-state index contributed by atoms with van der Waals surface area (Å²) in [4.78, 5) is 15.8. The van der Waals surface area contributed by atoms with E-state index in [1.807, 2.05) is 12.3 Å². The Morgan fingerprint density at radius 1 is 1.57 bits per heavy atom. The van der Waals surface area contributed by atoms with Crippen molar-refractivity contribution in [1.82, 2.24) is 4.98 Å². The molecule has 1 N–H and O–H groups in total. The highest BCUT2D eigenvalue weighted by atomic mass is 32.1. The minimum Gasteiger partial charge on any atom is -0.466 e. The van der Waals surface area contributed by atoms with E-state index in [9.17, 15) is 4.79 Å². The number of hydrogen-bond acceptors (Lipinski definition) is 6. The third kappa shape index (κ3) is 4.97. The predicted octanol–water partition coefficient (Wildman–Crippen LogP) is 2.87. The lowest BCUT2D eigenvalue weighted by Crippen LogP contribution is -2.22. The monoisotopic (exact) mass is 312 g/mol. The number of nitrogens with one attached hydrogen (secondary N) is 1. The Balaban J connectivity index is 1.74. The van der Waals surface area contributed by atoms with E-state index in [-0.39, 0.29) is 5.97 Å². The molecule has 2 unspecified atom stereocenters. The van der Waals surface area contributed by atoms with Crippen molar-refractivity contribution in [3.63, 3.8) is 0 Å². The molecule has 1 fully saturated rings. The number of aryl methyl sites for hydroxylation is 1. The minimum atomic E-state index is -0.158. The van der Waals surface area contributed by atoms with E-state index in [4.69, 9.17) is 9.47 Å². The van der Waals surface area contributed by atoms with E-state index in [2.05, 4.69) is 17.2 Å². The Morgan fingerprint density at radius 2 is 2.43 bits per heavy atom. The van der Waals surface area contributed by atoms with Crippen LogP contribution in [0.2, 0.25) is 0 Å². The molecule has 0 saturated carbocycles. The van der Waals surface area contributed by atoms with Gasteiger partial charge in [-0.25, -0.2) is 4.98 Å². The summed E-state index contributed by atoms with van der Waals surface area (Å²) >= 11 is 1.59. The largest absolute Gasteiger partial charge is 0.466 e. The van der Waals surface area contributed by atoms with E-state index in [1.165, 1.54) is 0 Å². The lowest BCUT2D eigenvalue weighted by atomic mass is 10.00. The molecule has 1 aliphatic heterocycles. The lowest BCUT2D eigenvalue weighted by Gasteiger charge is -2.16. The Hall–Kier alpha value is -1.14. The SMILES string of the molecule is CCOC(=O)CCc1csc(NCC2CCOC2CC)n1. The number of carbonyl (C=O) groups excluding carboxylic acids is 1. The average Bonchev–Trinajstić information content (AvgIpc) is 3.12. The topological polar surface area (TPSA) is 60.5 Å². The third-order valence-electron chi connectivity index (χ3n) is 3.71. The summed E-state index contributed by atoms with van der Waals surface area (Å²) < 4.78 is 10.6. The summed E-state index contributed by atoms with van der Waals surface area (Å²) in [5, 5.41) is 6.33. The zero-order chi connectivity index (χ0) is 15.1. The summed E-state index contributed by atoms with van der Waals surface area (Å²) in [6, 6.07) is 0. The van der Waals surface area contributed by atoms with E-state index in [0.717, 1.165) is 36.8 Å². The second-order valence-corrected chi connectivity index (χ2v) is 6.05. The molecule has 1 aromatic heterocycles. The van der Waals surface area contributed by atoms with Crippen molar-refractivity contribution in [2.45, 2.75) is 45.6 Å². The first kappa shape index (κ1) is 16.2. The van der Waals surface area contributed by atoms with Gasteiger partial charge in [0.05, 0.1) is 24.8 Å². The van der Waals surface area contributed by atoms with Crippen molar-refractivity contribution < 1.29 is 14.3 Å². The number of anilines is 1. The maximum Gasteiger partial charge on any atom is 0.306 e. The first-order valence-corrected chi connectivity index (χ1v) is 8.56. The van der Waals surface area contributed by atoms with Gasteiger partial charge in [-0.15, -0.1) is 11.3 Å². The number of ether oxygens (including phenoxy) is 2. The van der Waals surface area contributed by atoms with E-state index < -0.39 is 0 Å². The molecular formula is C15H24N2O3S. The highest BCUT2D eigenvalue weighted by Crippen LogP contribution is 2.24. The maximum absolute atomic E-state index is 11.3. The Bertz CT molecular complexity index is 450. The van der Waals surface area contributed by atoms with Crippen LogP contribution in [0.3, 0.4) is 0 Å². The molecule has 1 aromatic rings. The highest BCUT2D eigenvalue weighted by molar-refractivity contribution is 7.13. The van der Waals surface area contributed by atoms with Crippen LogP contribution in [0.25, 0.3) is 0 Å². The van der Waals surface area contributed by atoms with Crippen molar-refractivity contribution in [2.75, 3.05) is 25.1 Å². The molecule has 0 radical (unpaired) electrons. The van der Waals surface area contributed by atoms with E-state index in [1.54, 1.807) is 11.3 Å². The van der Waals surface area contributed by atoms with Crippen LogP contribution in [0.15, 0.2) is 5.38 Å². The molecule has 2 rings (SSSR count). The molecule has 21 heavy (non-hydrogen) atoms. The van der Waals surface area contributed by atoms with Gasteiger partial charge in [0, 0.05) is 30.9 Å². The van der Waals surface area contributed by atoms with Gasteiger partial charge in [0.1, 0.15) is 0 Å². The maximum atomic E-state index is 11.3. The van der Waals surface area contributed by atoms with Gasteiger partial charge in [-0.3, -0.25) is 4.79 Å². The normalized spacial score (nSPS) is 21.4. The van der Waals surface area contributed by atoms with Crippen LogP contribution in [-0.2, 0) is 20.7 Å². The van der Waals surface area contributed by atoms with E-state index in [0.29, 0.717) is 31.5 Å². The molecular weight excluding hydrogens is 288 g/mol. The number of aromatic nitrogens is 1. The zero-order valence-corrected chi connectivity index (χ0v) is 13.6. The molecule has 1 aliphatic rings. The molecule has 0 aliphatic carbocycles. The van der Waals surface area contributed by atoms with Gasteiger partial charge in [0.15, 0.2) is 5.13 Å². The number of esters is 1. The first-order valence-electron chi connectivity index (χ1n) is 7.68. The van der Waals surface area contributed by atoms with Crippen molar-refractivity contribution in [1.29, 1.82) is 0 Å². The smallest absolute Gasteiger partial charge is 0.306 e.